The van der Waals surface area contributed by atoms with E-state index < -0.39 is 16.4 Å². The van der Waals surface area contributed by atoms with Crippen LogP contribution >= 0.6 is 0 Å². The maximum absolute atomic E-state index is 5.42. The molecule has 3 aliphatic carbocycles. The van der Waals surface area contributed by atoms with E-state index in [1.165, 1.54) is 50.1 Å². The van der Waals surface area contributed by atoms with Crippen molar-refractivity contribution in [2.75, 3.05) is 7.05 Å². The highest BCUT2D eigenvalue weighted by molar-refractivity contribution is 5.89. The minimum Gasteiger partial charge on any atom is -0.264 e. The zero-order valence-electron chi connectivity index (χ0n) is 39.5. The predicted molar refractivity (Wildman–Crippen MR) is 279 cm³/mol. The molecule has 6 nitrogen and oxygen atoms in total. The monoisotopic (exact) mass is 910 g/mol. The molecule has 14 rings (SSSR count). The summed E-state index contributed by atoms with van der Waals surface area (Å²) < 4.78 is 4.27. The molecule has 0 fully saturated rings. The first-order chi connectivity index (χ1) is 34.9. The van der Waals surface area contributed by atoms with Crippen molar-refractivity contribution in [3.05, 3.63) is 298 Å². The molecule has 0 saturated heterocycles. The second-order valence-electron chi connectivity index (χ2n) is 19.3. The van der Waals surface area contributed by atoms with Gasteiger partial charge < -0.3 is 0 Å². The summed E-state index contributed by atoms with van der Waals surface area (Å²) in [5.41, 5.74) is 22.0. The van der Waals surface area contributed by atoms with Gasteiger partial charge in [0.25, 0.3) is 5.54 Å². The first-order valence-corrected chi connectivity index (χ1v) is 24.3. The highest BCUT2D eigenvalue weighted by atomic mass is 15.2. The molecule has 3 atom stereocenters. The zero-order chi connectivity index (χ0) is 47.5. The highest BCUT2D eigenvalue weighted by Crippen LogP contribution is 2.60. The molecule has 4 aliphatic rings. The Hall–Kier alpha value is -8.96. The number of hydrogen-bond donors (Lipinski definition) is 0. The van der Waals surface area contributed by atoms with E-state index in [0.717, 1.165) is 66.9 Å². The molecule has 334 valence electrons. The average molecular weight is 911 g/mol. The number of hydrogen-bond acceptors (Lipinski definition) is 4. The lowest BCUT2D eigenvalue weighted by Gasteiger charge is -2.37. The number of nitrogens with zero attached hydrogens (tertiary/aromatic N) is 6. The van der Waals surface area contributed by atoms with Gasteiger partial charge >= 0.3 is 6.01 Å². The smallest absolute Gasteiger partial charge is 0.264 e. The molecule has 0 N–H and O–H groups in total. The van der Waals surface area contributed by atoms with Gasteiger partial charge in [-0.25, -0.2) is 0 Å². The topological polar surface area (TPSA) is 57.6 Å². The minimum atomic E-state index is -0.797. The lowest BCUT2D eigenvalue weighted by Crippen LogP contribution is -2.38. The maximum Gasteiger partial charge on any atom is 0.490 e. The van der Waals surface area contributed by atoms with E-state index in [1.54, 1.807) is 0 Å². The van der Waals surface area contributed by atoms with Crippen LogP contribution < -0.4 is 0 Å². The SMILES string of the molecule is Cc1cccc(C)c1-c1ccnc(C2(c3cccc(C4(c5cccc(C6([N+]7=C=[N+](C)C=C7)c7ccccc7-c7cnccc76)c5)c5ccccc5-c5cnccc54)c3)c3ccccc3-c3cnccc32)c1. The van der Waals surface area contributed by atoms with Crippen LogP contribution in [0.4, 0.5) is 0 Å². The van der Waals surface area contributed by atoms with Crippen molar-refractivity contribution in [2.24, 2.45) is 0 Å². The molecule has 5 heterocycles. The fourth-order valence-electron chi connectivity index (χ4n) is 13.2. The van der Waals surface area contributed by atoms with Crippen LogP contribution in [0.2, 0.25) is 0 Å². The number of fused-ring (bicyclic) bond motifs is 9. The van der Waals surface area contributed by atoms with Crippen molar-refractivity contribution in [3.63, 3.8) is 0 Å². The second-order valence-corrected chi connectivity index (χ2v) is 19.3. The van der Waals surface area contributed by atoms with Crippen LogP contribution in [-0.2, 0) is 16.4 Å². The lowest BCUT2D eigenvalue weighted by molar-refractivity contribution is -0.533. The largest absolute Gasteiger partial charge is 0.490 e. The molecule has 0 bridgehead atoms. The molecular weight excluding hydrogens is 865 g/mol. The molecule has 6 heteroatoms. The van der Waals surface area contributed by atoms with Crippen molar-refractivity contribution in [2.45, 2.75) is 30.2 Å². The Bertz CT molecular complexity index is 3850. The third-order valence-corrected chi connectivity index (χ3v) is 15.9. The van der Waals surface area contributed by atoms with Gasteiger partial charge in [0.2, 0.25) is 12.4 Å². The van der Waals surface area contributed by atoms with Gasteiger partial charge in [0, 0.05) is 76.8 Å². The number of aryl methyl sites for hydroxylation is 2. The van der Waals surface area contributed by atoms with Gasteiger partial charge in [0.05, 0.1) is 16.5 Å². The van der Waals surface area contributed by atoms with Crippen molar-refractivity contribution >= 4 is 6.01 Å². The summed E-state index contributed by atoms with van der Waals surface area (Å²) in [4.78, 5) is 19.6. The van der Waals surface area contributed by atoms with Crippen LogP contribution in [0.3, 0.4) is 0 Å². The standard InChI is InChI=1S/C65H46N6/c1-42-13-10-14-43(2)62(42)44-25-32-69-61(35-44)64(56-23-8-5-20-50(56)53-39-67-30-27-58(53)64)47-17-11-15-45(36-47)63(55-22-7-4-19-49(55)52-38-66-29-26-57(52)63)46-16-12-18-48(37-46)65(71-34-33-70(3)41-71)59-24-9-6-21-51(59)54-40-68-31-28-60(54)65/h4-40H,1-3H3/q+2. The Morgan fingerprint density at radius 2 is 0.873 bits per heavy atom. The fraction of sp³-hybridized carbons (Fsp3) is 0.0923. The van der Waals surface area contributed by atoms with E-state index in [2.05, 4.69) is 218 Å². The first kappa shape index (κ1) is 41.1. The Kier molecular flexibility index (Phi) is 8.83. The first-order valence-electron chi connectivity index (χ1n) is 24.3. The van der Waals surface area contributed by atoms with E-state index in [-0.39, 0.29) is 0 Å². The second kappa shape index (κ2) is 15.3. The Labute approximate surface area is 413 Å². The predicted octanol–water partition coefficient (Wildman–Crippen LogP) is 12.9. The number of aromatic nitrogens is 4. The summed E-state index contributed by atoms with van der Waals surface area (Å²) in [5, 5.41) is 0. The quantitative estimate of drug-likeness (QED) is 0.150. The van der Waals surface area contributed by atoms with Gasteiger partial charge in [-0.2, -0.15) is 0 Å². The van der Waals surface area contributed by atoms with Crippen LogP contribution in [0.25, 0.3) is 44.5 Å². The molecule has 10 aromatic rings. The van der Waals surface area contributed by atoms with Crippen LogP contribution in [0.5, 0.6) is 0 Å². The lowest BCUT2D eigenvalue weighted by atomic mass is 9.64. The Morgan fingerprint density at radius 3 is 1.49 bits per heavy atom. The summed E-state index contributed by atoms with van der Waals surface area (Å²) in [6.07, 6.45) is 18.2. The maximum atomic E-state index is 5.42. The van der Waals surface area contributed by atoms with E-state index in [1.807, 2.05) is 48.8 Å². The molecule has 1 aliphatic heterocycles. The van der Waals surface area contributed by atoms with Gasteiger partial charge in [0.1, 0.15) is 0 Å². The number of benzene rings is 6. The van der Waals surface area contributed by atoms with Gasteiger partial charge in [-0.3, -0.25) is 19.9 Å². The highest BCUT2D eigenvalue weighted by Gasteiger charge is 2.57. The molecule has 0 amide bonds. The van der Waals surface area contributed by atoms with E-state index in [0.29, 0.717) is 0 Å². The van der Waals surface area contributed by atoms with Gasteiger partial charge in [0.15, 0.2) is 7.05 Å². The molecular formula is C65H46N6+2. The van der Waals surface area contributed by atoms with Gasteiger partial charge in [-0.15, -0.1) is 0 Å². The van der Waals surface area contributed by atoms with Crippen molar-refractivity contribution < 1.29 is 9.15 Å². The van der Waals surface area contributed by atoms with E-state index >= 15 is 0 Å². The van der Waals surface area contributed by atoms with Gasteiger partial charge in [-0.1, -0.05) is 143 Å². The third-order valence-electron chi connectivity index (χ3n) is 15.9. The van der Waals surface area contributed by atoms with Gasteiger partial charge in [-0.05, 0) is 128 Å². The summed E-state index contributed by atoms with van der Waals surface area (Å²) in [6.45, 7) is 4.41. The molecule has 4 aromatic heterocycles. The molecule has 0 saturated carbocycles. The number of pyridine rings is 4. The summed E-state index contributed by atoms with van der Waals surface area (Å²) in [7, 11) is 2.04. The van der Waals surface area contributed by atoms with E-state index in [4.69, 9.17) is 15.0 Å². The molecule has 0 radical (unpaired) electrons. The molecule has 0 spiro atoms. The fourth-order valence-corrected chi connectivity index (χ4v) is 13.2. The summed E-state index contributed by atoms with van der Waals surface area (Å²) in [6, 6.07) is 66.7. The normalized spacial score (nSPS) is 19.5. The van der Waals surface area contributed by atoms with Crippen LogP contribution in [0.15, 0.2) is 226 Å². The Balaban J connectivity index is 1.08. The summed E-state index contributed by atoms with van der Waals surface area (Å²) in [5.74, 6) is 0. The molecule has 71 heavy (non-hydrogen) atoms. The number of rotatable bonds is 7. The van der Waals surface area contributed by atoms with E-state index in [9.17, 15) is 0 Å². The molecule has 3 unspecified atom stereocenters. The van der Waals surface area contributed by atoms with Crippen molar-refractivity contribution in [3.8, 4) is 44.5 Å². The average Bonchev–Trinajstić information content (AvgIpc) is 4.17. The van der Waals surface area contributed by atoms with Crippen molar-refractivity contribution in [1.82, 2.24) is 19.9 Å². The van der Waals surface area contributed by atoms with Crippen LogP contribution in [-0.4, -0.2) is 42.1 Å². The third kappa shape index (κ3) is 5.43. The summed E-state index contributed by atoms with van der Waals surface area (Å²) >= 11 is 0. The minimum absolute atomic E-state index is 0.754. The van der Waals surface area contributed by atoms with Crippen LogP contribution in [0.1, 0.15) is 72.5 Å². The Morgan fingerprint density at radius 1 is 0.408 bits per heavy atom. The van der Waals surface area contributed by atoms with Crippen LogP contribution in [0, 0.1) is 13.8 Å². The molecule has 6 aromatic carbocycles. The van der Waals surface area contributed by atoms with Crippen molar-refractivity contribution in [1.29, 1.82) is 0 Å². The zero-order valence-corrected chi connectivity index (χ0v) is 39.5.